The summed E-state index contributed by atoms with van der Waals surface area (Å²) in [6.07, 6.45) is 8.53. The summed E-state index contributed by atoms with van der Waals surface area (Å²) in [5.41, 5.74) is 6.44. The van der Waals surface area contributed by atoms with Gasteiger partial charge in [-0.1, -0.05) is 25.7 Å². The average Bonchev–Trinajstić information content (AvgIpc) is 2.74. The van der Waals surface area contributed by atoms with E-state index in [0.717, 1.165) is 31.4 Å². The number of nitrogens with two attached hydrogens (primary N) is 1. The summed E-state index contributed by atoms with van der Waals surface area (Å²) in [6, 6.07) is 7.99. The topological polar surface area (TPSA) is 55.1 Å². The van der Waals surface area contributed by atoms with Crippen LogP contribution in [0, 0.1) is 5.41 Å². The number of carbonyl (C=O) groups excluding carboxylic acids is 1. The summed E-state index contributed by atoms with van der Waals surface area (Å²) in [6.45, 7) is 0.446. The van der Waals surface area contributed by atoms with Crippen molar-refractivity contribution >= 4 is 23.4 Å². The molecule has 1 fully saturated rings. The lowest BCUT2D eigenvalue weighted by Crippen LogP contribution is -2.42. The zero-order chi connectivity index (χ0) is 14.4. The Hall–Kier alpha value is -1.00. The fourth-order valence-corrected chi connectivity index (χ4v) is 3.28. The Morgan fingerprint density at radius 2 is 1.80 bits per heavy atom. The normalized spacial score (nSPS) is 18.3. The smallest absolute Gasteiger partial charge is 0.231 e. The van der Waals surface area contributed by atoms with E-state index in [-0.39, 0.29) is 11.3 Å². The van der Waals surface area contributed by atoms with Gasteiger partial charge >= 0.3 is 0 Å². The second-order valence-corrected chi connectivity index (χ2v) is 6.46. The van der Waals surface area contributed by atoms with Crippen LogP contribution in [0.3, 0.4) is 0 Å². The third-order valence-corrected chi connectivity index (χ3v) is 5.02. The van der Waals surface area contributed by atoms with Crippen molar-refractivity contribution in [3.05, 3.63) is 24.3 Å². The summed E-state index contributed by atoms with van der Waals surface area (Å²) >= 11 is 1.70. The molecule has 0 saturated heterocycles. The Labute approximate surface area is 125 Å². The summed E-state index contributed by atoms with van der Waals surface area (Å²) < 4.78 is 0. The molecule has 0 heterocycles. The van der Waals surface area contributed by atoms with Gasteiger partial charge in [0, 0.05) is 17.1 Å². The molecule has 4 heteroatoms. The summed E-state index contributed by atoms with van der Waals surface area (Å²) in [5.74, 6) is 0.0961. The molecule has 1 aliphatic carbocycles. The van der Waals surface area contributed by atoms with Crippen molar-refractivity contribution < 1.29 is 4.79 Å². The van der Waals surface area contributed by atoms with E-state index in [1.807, 2.05) is 30.5 Å². The summed E-state index contributed by atoms with van der Waals surface area (Å²) in [7, 11) is 0. The number of benzene rings is 1. The number of anilines is 1. The van der Waals surface area contributed by atoms with E-state index in [0.29, 0.717) is 6.54 Å². The van der Waals surface area contributed by atoms with Gasteiger partial charge in [-0.25, -0.2) is 0 Å². The zero-order valence-corrected chi connectivity index (χ0v) is 13.0. The van der Waals surface area contributed by atoms with Gasteiger partial charge in [-0.3, -0.25) is 4.79 Å². The van der Waals surface area contributed by atoms with Crippen LogP contribution in [0.25, 0.3) is 0 Å². The summed E-state index contributed by atoms with van der Waals surface area (Å²) in [4.78, 5) is 13.8. The predicted octanol–water partition coefficient (Wildman–Crippen LogP) is 3.65. The highest BCUT2D eigenvalue weighted by molar-refractivity contribution is 7.98. The van der Waals surface area contributed by atoms with Gasteiger partial charge in [-0.05, 0) is 43.4 Å². The molecule has 110 valence electrons. The van der Waals surface area contributed by atoms with E-state index >= 15 is 0 Å². The molecule has 1 saturated carbocycles. The van der Waals surface area contributed by atoms with Crippen molar-refractivity contribution in [2.24, 2.45) is 11.1 Å². The number of rotatable bonds is 4. The molecule has 3 nitrogen and oxygen atoms in total. The van der Waals surface area contributed by atoms with Gasteiger partial charge in [0.15, 0.2) is 0 Å². The molecule has 0 unspecified atom stereocenters. The Morgan fingerprint density at radius 1 is 1.20 bits per heavy atom. The van der Waals surface area contributed by atoms with Crippen molar-refractivity contribution in [3.8, 4) is 0 Å². The van der Waals surface area contributed by atoms with Crippen molar-refractivity contribution in [2.75, 3.05) is 18.1 Å². The molecule has 1 aliphatic rings. The number of nitrogens with one attached hydrogen (secondary N) is 1. The standard InChI is InChI=1S/C16H24N2OS/c1-20-14-8-6-13(7-9-14)18-15(19)16(12-17)10-4-2-3-5-11-16/h6-9H,2-5,10-12,17H2,1H3,(H,18,19). The highest BCUT2D eigenvalue weighted by Crippen LogP contribution is 2.35. The van der Waals surface area contributed by atoms with E-state index < -0.39 is 0 Å². The molecule has 3 N–H and O–H groups in total. The fourth-order valence-electron chi connectivity index (χ4n) is 2.87. The molecule has 1 amide bonds. The van der Waals surface area contributed by atoms with Crippen molar-refractivity contribution in [2.45, 2.75) is 43.4 Å². The first-order valence-corrected chi connectivity index (χ1v) is 8.58. The quantitative estimate of drug-likeness (QED) is 0.658. The van der Waals surface area contributed by atoms with E-state index in [9.17, 15) is 4.79 Å². The average molecular weight is 292 g/mol. The zero-order valence-electron chi connectivity index (χ0n) is 12.2. The second kappa shape index (κ2) is 7.14. The van der Waals surface area contributed by atoms with Crippen LogP contribution >= 0.6 is 11.8 Å². The van der Waals surface area contributed by atoms with Crippen LogP contribution in [0.5, 0.6) is 0 Å². The molecule has 0 bridgehead atoms. The highest BCUT2D eigenvalue weighted by atomic mass is 32.2. The van der Waals surface area contributed by atoms with Crippen molar-refractivity contribution in [1.82, 2.24) is 0 Å². The van der Waals surface area contributed by atoms with Crippen LogP contribution in [0.4, 0.5) is 5.69 Å². The number of carbonyl (C=O) groups is 1. The molecule has 0 atom stereocenters. The lowest BCUT2D eigenvalue weighted by Gasteiger charge is -2.29. The largest absolute Gasteiger partial charge is 0.329 e. The van der Waals surface area contributed by atoms with Crippen LogP contribution in [0.2, 0.25) is 0 Å². The number of thioether (sulfide) groups is 1. The fraction of sp³-hybridized carbons (Fsp3) is 0.562. The van der Waals surface area contributed by atoms with Crippen molar-refractivity contribution in [1.29, 1.82) is 0 Å². The third kappa shape index (κ3) is 3.55. The first-order chi connectivity index (χ1) is 9.70. The third-order valence-electron chi connectivity index (χ3n) is 4.28. The molecule has 1 aromatic carbocycles. The molecule has 0 aliphatic heterocycles. The van der Waals surface area contributed by atoms with Gasteiger partial charge < -0.3 is 11.1 Å². The van der Waals surface area contributed by atoms with E-state index in [2.05, 4.69) is 5.32 Å². The van der Waals surface area contributed by atoms with Gasteiger partial charge in [0.1, 0.15) is 0 Å². The van der Waals surface area contributed by atoms with E-state index in [4.69, 9.17) is 5.73 Å². The van der Waals surface area contributed by atoms with Gasteiger partial charge in [-0.15, -0.1) is 11.8 Å². The van der Waals surface area contributed by atoms with E-state index in [1.165, 1.54) is 17.7 Å². The SMILES string of the molecule is CSc1ccc(NC(=O)C2(CN)CCCCCC2)cc1. The second-order valence-electron chi connectivity index (χ2n) is 5.58. The molecular formula is C16H24N2OS. The highest BCUT2D eigenvalue weighted by Gasteiger charge is 2.37. The number of amides is 1. The minimum atomic E-state index is -0.366. The molecule has 2 rings (SSSR count). The maximum absolute atomic E-state index is 12.6. The van der Waals surface area contributed by atoms with Gasteiger partial charge in [-0.2, -0.15) is 0 Å². The molecule has 1 aromatic rings. The van der Waals surface area contributed by atoms with Gasteiger partial charge in [0.25, 0.3) is 0 Å². The van der Waals surface area contributed by atoms with Crippen LogP contribution < -0.4 is 11.1 Å². The summed E-state index contributed by atoms with van der Waals surface area (Å²) in [5, 5.41) is 3.05. The van der Waals surface area contributed by atoms with Crippen LogP contribution in [0.15, 0.2) is 29.2 Å². The molecule has 0 spiro atoms. The van der Waals surface area contributed by atoms with Gasteiger partial charge in [0.05, 0.1) is 5.41 Å². The maximum atomic E-state index is 12.6. The number of hydrogen-bond acceptors (Lipinski definition) is 3. The predicted molar refractivity (Wildman–Crippen MR) is 86.0 cm³/mol. The molecule has 0 radical (unpaired) electrons. The van der Waals surface area contributed by atoms with E-state index in [1.54, 1.807) is 11.8 Å². The van der Waals surface area contributed by atoms with Crippen LogP contribution in [-0.2, 0) is 4.79 Å². The monoisotopic (exact) mass is 292 g/mol. The molecule has 0 aromatic heterocycles. The van der Waals surface area contributed by atoms with Crippen LogP contribution in [-0.4, -0.2) is 18.7 Å². The first kappa shape index (κ1) is 15.4. The Balaban J connectivity index is 2.07. The first-order valence-electron chi connectivity index (χ1n) is 7.36. The Kier molecular flexibility index (Phi) is 5.49. The Bertz CT molecular complexity index is 436. The molecular weight excluding hydrogens is 268 g/mol. The lowest BCUT2D eigenvalue weighted by atomic mass is 9.79. The lowest BCUT2D eigenvalue weighted by molar-refractivity contribution is -0.125. The van der Waals surface area contributed by atoms with Gasteiger partial charge in [0.2, 0.25) is 5.91 Å². The molecule has 20 heavy (non-hydrogen) atoms. The minimum absolute atomic E-state index is 0.0961. The maximum Gasteiger partial charge on any atom is 0.231 e. The Morgan fingerprint density at radius 3 is 2.30 bits per heavy atom. The minimum Gasteiger partial charge on any atom is -0.329 e. The van der Waals surface area contributed by atoms with Crippen molar-refractivity contribution in [3.63, 3.8) is 0 Å². The van der Waals surface area contributed by atoms with Crippen LogP contribution in [0.1, 0.15) is 38.5 Å². The number of hydrogen-bond donors (Lipinski definition) is 2.